The van der Waals surface area contributed by atoms with Gasteiger partial charge in [0, 0.05) is 6.54 Å². The first-order valence-corrected chi connectivity index (χ1v) is 10.8. The quantitative estimate of drug-likeness (QED) is 0.390. The Labute approximate surface area is 185 Å². The molecule has 6 atom stereocenters. The van der Waals surface area contributed by atoms with Crippen LogP contribution in [0.5, 0.6) is 0 Å². The molecule has 6 N–H and O–H groups in total. The topological polar surface area (TPSA) is 169 Å². The average molecular weight is 444 g/mol. The highest BCUT2D eigenvalue weighted by atomic mass is 16.6. The lowest BCUT2D eigenvalue weighted by molar-refractivity contribution is -0.137. The highest BCUT2D eigenvalue weighted by molar-refractivity contribution is 5.83. The summed E-state index contributed by atoms with van der Waals surface area (Å²) in [6.07, 6.45) is -0.699. The van der Waals surface area contributed by atoms with Crippen molar-refractivity contribution < 1.29 is 24.9 Å². The first-order chi connectivity index (χ1) is 15.2. The molecule has 3 heterocycles. The van der Waals surface area contributed by atoms with Crippen molar-refractivity contribution in [1.29, 1.82) is 0 Å². The summed E-state index contributed by atoms with van der Waals surface area (Å²) in [5.41, 5.74) is 5.44. The van der Waals surface area contributed by atoms with Gasteiger partial charge in [0.25, 0.3) is 5.91 Å². The molecular formula is C21H28N6O5. The van der Waals surface area contributed by atoms with Crippen LogP contribution in [0.3, 0.4) is 0 Å². The van der Waals surface area contributed by atoms with Crippen molar-refractivity contribution in [3.63, 3.8) is 0 Å². The van der Waals surface area contributed by atoms with E-state index < -0.39 is 36.0 Å². The van der Waals surface area contributed by atoms with E-state index in [0.717, 1.165) is 12.8 Å². The summed E-state index contributed by atoms with van der Waals surface area (Å²) >= 11 is 0. The lowest BCUT2D eigenvalue weighted by Crippen LogP contribution is -2.42. The van der Waals surface area contributed by atoms with Crippen LogP contribution in [-0.2, 0) is 9.53 Å². The predicted molar refractivity (Wildman–Crippen MR) is 114 cm³/mol. The van der Waals surface area contributed by atoms with E-state index in [2.05, 4.69) is 39.0 Å². The molecule has 4 rings (SSSR count). The van der Waals surface area contributed by atoms with E-state index in [0.29, 0.717) is 25.3 Å². The third-order valence-corrected chi connectivity index (χ3v) is 5.95. The van der Waals surface area contributed by atoms with E-state index in [9.17, 15) is 20.1 Å². The van der Waals surface area contributed by atoms with Crippen LogP contribution in [0.15, 0.2) is 6.33 Å². The molecule has 11 nitrogen and oxygen atoms in total. The molecular weight excluding hydrogens is 416 g/mol. The number of carbonyl (C=O) groups excluding carboxylic acids is 1. The maximum atomic E-state index is 12.2. The number of hydrogen-bond acceptors (Lipinski definition) is 9. The van der Waals surface area contributed by atoms with Gasteiger partial charge in [0.05, 0.1) is 6.33 Å². The number of imidazole rings is 1. The molecule has 11 heteroatoms. The van der Waals surface area contributed by atoms with Gasteiger partial charge in [-0.05, 0) is 38.0 Å². The zero-order chi connectivity index (χ0) is 23.0. The molecule has 0 bridgehead atoms. The molecule has 1 saturated heterocycles. The summed E-state index contributed by atoms with van der Waals surface area (Å²) < 4.78 is 7.04. The Morgan fingerprint density at radius 2 is 2.19 bits per heavy atom. The van der Waals surface area contributed by atoms with E-state index in [1.807, 2.05) is 0 Å². The second-order valence-corrected chi connectivity index (χ2v) is 8.56. The van der Waals surface area contributed by atoms with E-state index in [1.165, 1.54) is 10.9 Å². The van der Waals surface area contributed by atoms with Crippen molar-refractivity contribution in [3.8, 4) is 11.8 Å². The molecule has 1 aliphatic heterocycles. The van der Waals surface area contributed by atoms with Crippen LogP contribution in [-0.4, -0.2) is 71.2 Å². The van der Waals surface area contributed by atoms with Crippen molar-refractivity contribution in [3.05, 3.63) is 12.2 Å². The number of nitrogens with one attached hydrogen (secondary N) is 1. The standard InChI is InChI=1S/C21H28N6O5/c1-3-23-19(30)16-14(28)15(29)20(32-16)27-10-24-13-17(22)25-12(26-18(13)27)6-8-21(31)7-4-5-11(2)9-21/h10-11,14-16,20,28-29,31H,3-5,7,9H2,1-2H3,(H,23,30)(H2,22,25,26)/t11-,14+,15-,16+,20-,21-/m1/s1. The van der Waals surface area contributed by atoms with Gasteiger partial charge in [0.2, 0.25) is 5.82 Å². The summed E-state index contributed by atoms with van der Waals surface area (Å²) in [7, 11) is 0. The Balaban J connectivity index is 1.66. The largest absolute Gasteiger partial charge is 0.387 e. The number of rotatable bonds is 3. The zero-order valence-electron chi connectivity index (χ0n) is 18.0. The molecule has 2 fully saturated rings. The number of nitrogens with zero attached hydrogens (tertiary/aromatic N) is 4. The Kier molecular flexibility index (Phi) is 6.05. The number of likely N-dealkylation sites (N-methyl/N-ethyl adjacent to an activating group) is 1. The molecule has 1 saturated carbocycles. The number of amides is 1. The summed E-state index contributed by atoms with van der Waals surface area (Å²) in [4.78, 5) is 24.9. The molecule has 1 aliphatic carbocycles. The van der Waals surface area contributed by atoms with Crippen LogP contribution in [0.4, 0.5) is 5.82 Å². The molecule has 1 amide bonds. The molecule has 32 heavy (non-hydrogen) atoms. The summed E-state index contributed by atoms with van der Waals surface area (Å²) in [6.45, 7) is 4.18. The van der Waals surface area contributed by atoms with E-state index in [4.69, 9.17) is 10.5 Å². The van der Waals surface area contributed by atoms with Crippen LogP contribution < -0.4 is 11.1 Å². The number of anilines is 1. The number of aliphatic hydroxyl groups excluding tert-OH is 2. The lowest BCUT2D eigenvalue weighted by atomic mass is 9.79. The van der Waals surface area contributed by atoms with Gasteiger partial charge in [0.15, 0.2) is 23.8 Å². The van der Waals surface area contributed by atoms with E-state index in [1.54, 1.807) is 6.92 Å². The Bertz CT molecular complexity index is 1080. The number of aliphatic hydroxyl groups is 3. The van der Waals surface area contributed by atoms with Crippen LogP contribution in [0.25, 0.3) is 11.2 Å². The SMILES string of the molecule is CCNC(=O)[C@H]1O[C@@H](n2cnc3c(N)nc(C#C[C@]4(O)CCC[C@@H](C)C4)nc32)[C@H](O)[C@@H]1O. The number of hydrogen-bond donors (Lipinski definition) is 5. The van der Waals surface area contributed by atoms with Gasteiger partial charge >= 0.3 is 0 Å². The fraction of sp³-hybridized carbons (Fsp3) is 0.619. The predicted octanol–water partition coefficient (Wildman–Crippen LogP) is -0.543. The van der Waals surface area contributed by atoms with E-state index in [-0.39, 0.29) is 22.8 Å². The average Bonchev–Trinajstić information content (AvgIpc) is 3.28. The minimum Gasteiger partial charge on any atom is -0.387 e. The van der Waals surface area contributed by atoms with Gasteiger partial charge in [-0.15, -0.1) is 0 Å². The Morgan fingerprint density at radius 1 is 1.41 bits per heavy atom. The van der Waals surface area contributed by atoms with Gasteiger partial charge < -0.3 is 31.1 Å². The molecule has 2 aliphatic rings. The number of nitrogens with two attached hydrogens (primary N) is 1. The maximum absolute atomic E-state index is 12.2. The summed E-state index contributed by atoms with van der Waals surface area (Å²) in [6, 6.07) is 0. The molecule has 0 unspecified atom stereocenters. The minimum absolute atomic E-state index is 0.0790. The number of ether oxygens (including phenoxy) is 1. The Morgan fingerprint density at radius 3 is 2.91 bits per heavy atom. The van der Waals surface area contributed by atoms with Gasteiger partial charge in [-0.2, -0.15) is 0 Å². The highest BCUT2D eigenvalue weighted by Gasteiger charge is 2.47. The second-order valence-electron chi connectivity index (χ2n) is 8.56. The van der Waals surface area contributed by atoms with E-state index >= 15 is 0 Å². The number of aromatic nitrogens is 4. The number of carbonyl (C=O) groups is 1. The van der Waals surface area contributed by atoms with Crippen molar-refractivity contribution in [1.82, 2.24) is 24.8 Å². The number of fused-ring (bicyclic) bond motifs is 1. The first-order valence-electron chi connectivity index (χ1n) is 10.8. The van der Waals surface area contributed by atoms with Gasteiger partial charge in [0.1, 0.15) is 23.3 Å². The molecule has 2 aromatic heterocycles. The van der Waals surface area contributed by atoms with Crippen molar-refractivity contribution >= 4 is 22.9 Å². The molecule has 0 spiro atoms. The van der Waals surface area contributed by atoms with Crippen molar-refractivity contribution in [2.75, 3.05) is 12.3 Å². The van der Waals surface area contributed by atoms with Crippen molar-refractivity contribution in [2.24, 2.45) is 5.92 Å². The highest BCUT2D eigenvalue weighted by Crippen LogP contribution is 2.33. The van der Waals surface area contributed by atoms with Crippen LogP contribution in [0.2, 0.25) is 0 Å². The molecule has 172 valence electrons. The smallest absolute Gasteiger partial charge is 0.252 e. The summed E-state index contributed by atoms with van der Waals surface area (Å²) in [5, 5.41) is 34.1. The Hall–Kier alpha value is -2.78. The summed E-state index contributed by atoms with van der Waals surface area (Å²) in [5.74, 6) is 5.74. The fourth-order valence-electron chi connectivity index (χ4n) is 4.37. The third kappa shape index (κ3) is 4.14. The first kappa shape index (κ1) is 22.4. The normalized spacial score (nSPS) is 32.5. The lowest BCUT2D eigenvalue weighted by Gasteiger charge is -2.30. The second kappa shape index (κ2) is 8.63. The van der Waals surface area contributed by atoms with Crippen LogP contribution >= 0.6 is 0 Å². The van der Waals surface area contributed by atoms with Crippen LogP contribution in [0, 0.1) is 17.8 Å². The molecule has 2 aromatic rings. The third-order valence-electron chi connectivity index (χ3n) is 5.95. The maximum Gasteiger partial charge on any atom is 0.252 e. The van der Waals surface area contributed by atoms with Gasteiger partial charge in [-0.3, -0.25) is 9.36 Å². The monoisotopic (exact) mass is 444 g/mol. The molecule has 0 radical (unpaired) electrons. The van der Waals surface area contributed by atoms with Gasteiger partial charge in [-0.25, -0.2) is 15.0 Å². The minimum atomic E-state index is -1.43. The number of nitrogen functional groups attached to an aromatic ring is 1. The van der Waals surface area contributed by atoms with Crippen molar-refractivity contribution in [2.45, 2.75) is 69.7 Å². The molecule has 0 aromatic carbocycles. The fourth-order valence-corrected chi connectivity index (χ4v) is 4.37. The van der Waals surface area contributed by atoms with Crippen LogP contribution in [0.1, 0.15) is 51.6 Å². The zero-order valence-corrected chi connectivity index (χ0v) is 18.0. The van der Waals surface area contributed by atoms with Gasteiger partial charge in [-0.1, -0.05) is 19.3 Å².